The van der Waals surface area contributed by atoms with E-state index in [1.807, 2.05) is 0 Å². The van der Waals surface area contributed by atoms with Crippen molar-refractivity contribution >= 4 is 5.95 Å². The molecule has 1 aromatic carbocycles. The van der Waals surface area contributed by atoms with Crippen LogP contribution in [-0.2, 0) is 12.8 Å². The Bertz CT molecular complexity index is 640. The predicted molar refractivity (Wildman–Crippen MR) is 83.3 cm³/mol. The summed E-state index contributed by atoms with van der Waals surface area (Å²) in [5.41, 5.74) is 10.0. The summed E-state index contributed by atoms with van der Waals surface area (Å²) in [6.07, 6.45) is 5.71. The SMILES string of the molecule is NC1CCN(c2n[nH]c(-c3ccc4c(c3)CCC4)n2)CC1. The number of benzene rings is 1. The number of H-pyrrole nitrogens is 1. The molecule has 0 unspecified atom stereocenters. The number of anilines is 1. The number of hydrogen-bond donors (Lipinski definition) is 2. The molecule has 1 saturated heterocycles. The Morgan fingerprint density at radius 1 is 1.14 bits per heavy atom. The van der Waals surface area contributed by atoms with Gasteiger partial charge in [0.25, 0.3) is 0 Å². The standard InChI is InChI=1S/C16H21N5/c17-14-6-8-21(9-7-14)16-18-15(19-20-16)13-5-4-11-2-1-3-12(11)10-13/h4-5,10,14H,1-3,6-9,17H2,(H,18,19,20). The van der Waals surface area contributed by atoms with Crippen LogP contribution in [0.25, 0.3) is 11.4 Å². The van der Waals surface area contributed by atoms with Crippen molar-refractivity contribution < 1.29 is 0 Å². The Labute approximate surface area is 124 Å². The highest BCUT2D eigenvalue weighted by Gasteiger charge is 2.20. The van der Waals surface area contributed by atoms with Gasteiger partial charge in [0.15, 0.2) is 5.82 Å². The third-order valence-corrected chi connectivity index (χ3v) is 4.67. The molecule has 0 bridgehead atoms. The molecule has 2 aromatic rings. The van der Waals surface area contributed by atoms with Crippen LogP contribution in [0.15, 0.2) is 18.2 Å². The lowest BCUT2D eigenvalue weighted by Crippen LogP contribution is -2.40. The first kappa shape index (κ1) is 12.8. The minimum Gasteiger partial charge on any atom is -0.339 e. The molecule has 3 N–H and O–H groups in total. The van der Waals surface area contributed by atoms with Crippen molar-refractivity contribution in [3.63, 3.8) is 0 Å². The van der Waals surface area contributed by atoms with Gasteiger partial charge in [0, 0.05) is 24.7 Å². The molecule has 1 fully saturated rings. The minimum absolute atomic E-state index is 0.330. The highest BCUT2D eigenvalue weighted by Crippen LogP contribution is 2.27. The number of piperidine rings is 1. The molecule has 0 saturated carbocycles. The molecule has 2 heterocycles. The van der Waals surface area contributed by atoms with Gasteiger partial charge in [-0.1, -0.05) is 12.1 Å². The Kier molecular flexibility index (Phi) is 3.15. The lowest BCUT2D eigenvalue weighted by Gasteiger charge is -2.28. The number of fused-ring (bicyclic) bond motifs is 1. The van der Waals surface area contributed by atoms with E-state index in [0.29, 0.717) is 6.04 Å². The molecule has 0 radical (unpaired) electrons. The van der Waals surface area contributed by atoms with Gasteiger partial charge in [-0.3, -0.25) is 5.10 Å². The van der Waals surface area contributed by atoms with Crippen LogP contribution in [0.1, 0.15) is 30.4 Å². The highest BCUT2D eigenvalue weighted by molar-refractivity contribution is 5.59. The Hall–Kier alpha value is -1.88. The van der Waals surface area contributed by atoms with E-state index in [-0.39, 0.29) is 0 Å². The normalized spacial score (nSPS) is 19.0. The average Bonchev–Trinajstić information content (AvgIpc) is 3.16. The van der Waals surface area contributed by atoms with Gasteiger partial charge in [0.05, 0.1) is 0 Å². The van der Waals surface area contributed by atoms with Crippen LogP contribution < -0.4 is 10.6 Å². The highest BCUT2D eigenvalue weighted by atomic mass is 15.4. The van der Waals surface area contributed by atoms with Crippen molar-refractivity contribution in [1.29, 1.82) is 0 Å². The molecular weight excluding hydrogens is 262 g/mol. The van der Waals surface area contributed by atoms with E-state index in [2.05, 4.69) is 38.3 Å². The molecule has 0 spiro atoms. The molecule has 1 aliphatic carbocycles. The van der Waals surface area contributed by atoms with Gasteiger partial charge in [0.1, 0.15) is 0 Å². The van der Waals surface area contributed by atoms with E-state index < -0.39 is 0 Å². The second kappa shape index (κ2) is 5.15. The van der Waals surface area contributed by atoms with E-state index in [9.17, 15) is 0 Å². The van der Waals surface area contributed by atoms with Crippen molar-refractivity contribution in [2.45, 2.75) is 38.1 Å². The van der Waals surface area contributed by atoms with Gasteiger partial charge < -0.3 is 10.6 Å². The molecule has 110 valence electrons. The van der Waals surface area contributed by atoms with Gasteiger partial charge in [-0.2, -0.15) is 4.98 Å². The van der Waals surface area contributed by atoms with E-state index in [0.717, 1.165) is 43.3 Å². The smallest absolute Gasteiger partial charge is 0.245 e. The Morgan fingerprint density at radius 3 is 2.81 bits per heavy atom. The van der Waals surface area contributed by atoms with Crippen LogP contribution in [0, 0.1) is 0 Å². The quantitative estimate of drug-likeness (QED) is 0.883. The lowest BCUT2D eigenvalue weighted by molar-refractivity contribution is 0.496. The number of nitrogens with two attached hydrogens (primary N) is 1. The van der Waals surface area contributed by atoms with E-state index in [4.69, 9.17) is 5.73 Å². The third kappa shape index (κ3) is 2.42. The van der Waals surface area contributed by atoms with Gasteiger partial charge in [-0.25, -0.2) is 0 Å². The van der Waals surface area contributed by atoms with Crippen LogP contribution in [0.5, 0.6) is 0 Å². The molecular formula is C16H21N5. The van der Waals surface area contributed by atoms with Crippen molar-refractivity contribution in [1.82, 2.24) is 15.2 Å². The van der Waals surface area contributed by atoms with Crippen molar-refractivity contribution in [3.05, 3.63) is 29.3 Å². The summed E-state index contributed by atoms with van der Waals surface area (Å²) in [5, 5.41) is 7.47. The lowest BCUT2D eigenvalue weighted by atomic mass is 10.1. The molecule has 4 rings (SSSR count). The van der Waals surface area contributed by atoms with Gasteiger partial charge in [-0.05, 0) is 49.3 Å². The van der Waals surface area contributed by atoms with Crippen molar-refractivity contribution in [3.8, 4) is 11.4 Å². The van der Waals surface area contributed by atoms with Crippen LogP contribution in [0.3, 0.4) is 0 Å². The molecule has 1 aliphatic heterocycles. The zero-order valence-corrected chi connectivity index (χ0v) is 12.2. The average molecular weight is 283 g/mol. The van der Waals surface area contributed by atoms with Crippen LogP contribution in [0.2, 0.25) is 0 Å². The maximum atomic E-state index is 5.95. The van der Waals surface area contributed by atoms with Gasteiger partial charge in [0.2, 0.25) is 5.95 Å². The van der Waals surface area contributed by atoms with E-state index in [1.165, 1.54) is 30.4 Å². The first-order valence-corrected chi connectivity index (χ1v) is 7.85. The molecule has 1 aromatic heterocycles. The molecule has 5 nitrogen and oxygen atoms in total. The summed E-state index contributed by atoms with van der Waals surface area (Å²) >= 11 is 0. The number of aryl methyl sites for hydroxylation is 2. The second-order valence-corrected chi connectivity index (χ2v) is 6.15. The number of aromatic nitrogens is 3. The first-order chi connectivity index (χ1) is 10.3. The fourth-order valence-corrected chi connectivity index (χ4v) is 3.34. The summed E-state index contributed by atoms with van der Waals surface area (Å²) in [4.78, 5) is 6.89. The number of hydrogen-bond acceptors (Lipinski definition) is 4. The summed E-state index contributed by atoms with van der Waals surface area (Å²) < 4.78 is 0. The third-order valence-electron chi connectivity index (χ3n) is 4.67. The van der Waals surface area contributed by atoms with E-state index in [1.54, 1.807) is 0 Å². The number of nitrogens with one attached hydrogen (secondary N) is 1. The topological polar surface area (TPSA) is 70.8 Å². The summed E-state index contributed by atoms with van der Waals surface area (Å²) in [6.45, 7) is 1.89. The molecule has 0 amide bonds. The molecule has 0 atom stereocenters. The Morgan fingerprint density at radius 2 is 1.95 bits per heavy atom. The fraction of sp³-hybridized carbons (Fsp3) is 0.500. The largest absolute Gasteiger partial charge is 0.339 e. The second-order valence-electron chi connectivity index (χ2n) is 6.15. The molecule has 21 heavy (non-hydrogen) atoms. The van der Waals surface area contributed by atoms with Crippen LogP contribution in [-0.4, -0.2) is 34.3 Å². The summed E-state index contributed by atoms with van der Waals surface area (Å²) in [6, 6.07) is 6.98. The number of nitrogens with zero attached hydrogens (tertiary/aromatic N) is 3. The predicted octanol–water partition coefficient (Wildman–Crippen LogP) is 1.89. The van der Waals surface area contributed by atoms with E-state index >= 15 is 0 Å². The van der Waals surface area contributed by atoms with Crippen molar-refractivity contribution in [2.75, 3.05) is 18.0 Å². The molecule has 2 aliphatic rings. The minimum atomic E-state index is 0.330. The zero-order valence-electron chi connectivity index (χ0n) is 12.2. The Balaban J connectivity index is 1.57. The van der Waals surface area contributed by atoms with Crippen LogP contribution >= 0.6 is 0 Å². The van der Waals surface area contributed by atoms with Crippen LogP contribution in [0.4, 0.5) is 5.95 Å². The maximum absolute atomic E-state index is 5.95. The summed E-state index contributed by atoms with van der Waals surface area (Å²) in [7, 11) is 0. The van der Waals surface area contributed by atoms with Gasteiger partial charge in [-0.15, -0.1) is 5.10 Å². The monoisotopic (exact) mass is 283 g/mol. The maximum Gasteiger partial charge on any atom is 0.245 e. The zero-order chi connectivity index (χ0) is 14.2. The first-order valence-electron chi connectivity index (χ1n) is 7.85. The number of aromatic amines is 1. The fourth-order valence-electron chi connectivity index (χ4n) is 3.34. The molecule has 5 heteroatoms. The summed E-state index contributed by atoms with van der Waals surface area (Å²) in [5.74, 6) is 1.67. The van der Waals surface area contributed by atoms with Crippen molar-refractivity contribution in [2.24, 2.45) is 5.73 Å². The number of rotatable bonds is 2. The van der Waals surface area contributed by atoms with Gasteiger partial charge >= 0.3 is 0 Å².